The molecule has 0 radical (unpaired) electrons. The van der Waals surface area contributed by atoms with E-state index in [4.69, 9.17) is 4.74 Å². The van der Waals surface area contributed by atoms with Gasteiger partial charge in [0, 0.05) is 5.69 Å². The molecule has 25 heavy (non-hydrogen) atoms. The second kappa shape index (κ2) is 6.93. The number of aryl methyl sites for hydroxylation is 1. The predicted molar refractivity (Wildman–Crippen MR) is 98.2 cm³/mol. The normalized spacial score (nSPS) is 13.3. The Labute approximate surface area is 147 Å². The van der Waals surface area contributed by atoms with Crippen LogP contribution in [0.3, 0.4) is 0 Å². The van der Waals surface area contributed by atoms with Crippen LogP contribution in [0.1, 0.15) is 31.7 Å². The Balaban J connectivity index is 1.99. The summed E-state index contributed by atoms with van der Waals surface area (Å²) in [5, 5.41) is 16.0. The fourth-order valence-electron chi connectivity index (χ4n) is 2.74. The number of ether oxygens (including phenoxy) is 1. The van der Waals surface area contributed by atoms with Crippen molar-refractivity contribution in [3.05, 3.63) is 59.9 Å². The van der Waals surface area contributed by atoms with Crippen LogP contribution < -0.4 is 10.1 Å². The average Bonchev–Trinajstić information content (AvgIpc) is 3.14. The first-order valence-corrected chi connectivity index (χ1v) is 8.34. The molecule has 0 aliphatic heterocycles. The molecule has 0 saturated heterocycles. The van der Waals surface area contributed by atoms with Gasteiger partial charge in [-0.1, -0.05) is 25.1 Å². The number of methoxy groups -OCH3 is 1. The molecule has 2 aromatic carbocycles. The van der Waals surface area contributed by atoms with Crippen molar-refractivity contribution >= 4 is 5.69 Å². The second-order valence-electron chi connectivity index (χ2n) is 6.24. The van der Waals surface area contributed by atoms with Gasteiger partial charge in [0.05, 0.1) is 18.3 Å². The van der Waals surface area contributed by atoms with Gasteiger partial charge in [0.2, 0.25) is 0 Å². The Morgan fingerprint density at radius 1 is 1.12 bits per heavy atom. The molecular weight excluding hydrogens is 314 g/mol. The van der Waals surface area contributed by atoms with Gasteiger partial charge in [0.15, 0.2) is 5.82 Å². The number of hydrogen-bond donors (Lipinski definition) is 1. The molecule has 1 aromatic heterocycles. The van der Waals surface area contributed by atoms with E-state index in [1.54, 1.807) is 11.8 Å². The van der Waals surface area contributed by atoms with E-state index in [1.165, 1.54) is 5.56 Å². The van der Waals surface area contributed by atoms with Gasteiger partial charge in [0.25, 0.3) is 0 Å². The molecule has 6 heteroatoms. The second-order valence-corrected chi connectivity index (χ2v) is 6.24. The Bertz CT molecular complexity index is 843. The van der Waals surface area contributed by atoms with E-state index in [-0.39, 0.29) is 0 Å². The molecule has 1 heterocycles. The summed E-state index contributed by atoms with van der Waals surface area (Å²) in [6.07, 6.45) is 0.831. The highest BCUT2D eigenvalue weighted by Crippen LogP contribution is 2.30. The monoisotopic (exact) mass is 337 g/mol. The number of benzene rings is 2. The van der Waals surface area contributed by atoms with Crippen molar-refractivity contribution in [2.45, 2.75) is 32.7 Å². The van der Waals surface area contributed by atoms with Crippen LogP contribution in [-0.2, 0) is 5.54 Å². The van der Waals surface area contributed by atoms with Gasteiger partial charge >= 0.3 is 0 Å². The Morgan fingerprint density at radius 3 is 2.48 bits per heavy atom. The van der Waals surface area contributed by atoms with Crippen molar-refractivity contribution < 1.29 is 4.74 Å². The lowest BCUT2D eigenvalue weighted by Crippen LogP contribution is -2.34. The number of tetrazole rings is 1. The molecule has 1 unspecified atom stereocenters. The summed E-state index contributed by atoms with van der Waals surface area (Å²) in [4.78, 5) is 0. The highest BCUT2D eigenvalue weighted by molar-refractivity contribution is 5.53. The zero-order valence-electron chi connectivity index (χ0n) is 15.0. The van der Waals surface area contributed by atoms with Crippen molar-refractivity contribution in [2.75, 3.05) is 12.4 Å². The minimum atomic E-state index is -0.407. The van der Waals surface area contributed by atoms with Crippen molar-refractivity contribution in [1.29, 1.82) is 0 Å². The number of nitrogens with one attached hydrogen (secondary N) is 1. The van der Waals surface area contributed by atoms with Gasteiger partial charge in [-0.25, -0.2) is 0 Å². The Morgan fingerprint density at radius 2 is 1.84 bits per heavy atom. The number of aromatic nitrogens is 4. The van der Waals surface area contributed by atoms with Crippen LogP contribution in [0.2, 0.25) is 0 Å². The van der Waals surface area contributed by atoms with Gasteiger partial charge in [-0.3, -0.25) is 0 Å². The highest BCUT2D eigenvalue weighted by atomic mass is 16.5. The number of nitrogens with zero attached hydrogens (tertiary/aromatic N) is 4. The molecule has 6 nitrogen and oxygen atoms in total. The third kappa shape index (κ3) is 3.33. The number of para-hydroxylation sites is 1. The van der Waals surface area contributed by atoms with E-state index in [0.29, 0.717) is 0 Å². The largest absolute Gasteiger partial charge is 0.497 e. The van der Waals surface area contributed by atoms with Crippen LogP contribution in [0.15, 0.2) is 48.5 Å². The van der Waals surface area contributed by atoms with Gasteiger partial charge in [-0.05, 0) is 66.6 Å². The number of anilines is 1. The maximum Gasteiger partial charge on any atom is 0.181 e. The molecule has 0 fully saturated rings. The lowest BCUT2D eigenvalue weighted by atomic mass is 9.96. The maximum absolute atomic E-state index is 5.22. The van der Waals surface area contributed by atoms with Crippen LogP contribution in [0.5, 0.6) is 5.75 Å². The summed E-state index contributed by atoms with van der Waals surface area (Å²) >= 11 is 0. The molecule has 0 bridgehead atoms. The summed E-state index contributed by atoms with van der Waals surface area (Å²) in [5.74, 6) is 1.57. The Hall–Kier alpha value is -2.89. The molecule has 130 valence electrons. The smallest absolute Gasteiger partial charge is 0.181 e. The molecule has 0 spiro atoms. The standard InChI is InChI=1S/C19H23N5O/c1-5-19(3,20-17-9-7-6-8-14(17)2)18-21-22-23-24(18)15-10-12-16(25-4)13-11-15/h6-13,20H,5H2,1-4H3. The van der Waals surface area contributed by atoms with Gasteiger partial charge < -0.3 is 10.1 Å². The van der Waals surface area contributed by atoms with Crippen molar-refractivity contribution in [3.8, 4) is 11.4 Å². The van der Waals surface area contributed by atoms with Crippen LogP contribution in [0.25, 0.3) is 5.69 Å². The predicted octanol–water partition coefficient (Wildman–Crippen LogP) is 3.72. The quantitative estimate of drug-likeness (QED) is 0.743. The fourth-order valence-corrected chi connectivity index (χ4v) is 2.74. The summed E-state index contributed by atoms with van der Waals surface area (Å²) in [5.41, 5.74) is 2.75. The third-order valence-electron chi connectivity index (χ3n) is 4.54. The molecular formula is C19H23N5O. The maximum atomic E-state index is 5.22. The van der Waals surface area contributed by atoms with E-state index in [1.807, 2.05) is 36.4 Å². The summed E-state index contributed by atoms with van der Waals surface area (Å²) in [6, 6.07) is 15.9. The molecule has 3 rings (SSSR count). The first-order chi connectivity index (χ1) is 12.1. The first kappa shape index (κ1) is 17.0. The highest BCUT2D eigenvalue weighted by Gasteiger charge is 2.31. The third-order valence-corrected chi connectivity index (χ3v) is 4.54. The van der Waals surface area contributed by atoms with Crippen molar-refractivity contribution in [1.82, 2.24) is 20.2 Å². The van der Waals surface area contributed by atoms with Crippen molar-refractivity contribution in [2.24, 2.45) is 0 Å². The molecule has 0 aliphatic rings. The van der Waals surface area contributed by atoms with E-state index in [2.05, 4.69) is 53.7 Å². The molecule has 0 amide bonds. The lowest BCUT2D eigenvalue weighted by molar-refractivity contribution is 0.414. The van der Waals surface area contributed by atoms with E-state index in [9.17, 15) is 0 Å². The van der Waals surface area contributed by atoms with E-state index < -0.39 is 5.54 Å². The summed E-state index contributed by atoms with van der Waals surface area (Å²) in [7, 11) is 1.65. The van der Waals surface area contributed by atoms with Crippen molar-refractivity contribution in [3.63, 3.8) is 0 Å². The van der Waals surface area contributed by atoms with Crippen LogP contribution in [-0.4, -0.2) is 27.3 Å². The van der Waals surface area contributed by atoms with Crippen LogP contribution in [0, 0.1) is 6.92 Å². The first-order valence-electron chi connectivity index (χ1n) is 8.34. The van der Waals surface area contributed by atoms with E-state index in [0.717, 1.165) is 29.4 Å². The minimum Gasteiger partial charge on any atom is -0.497 e. The topological polar surface area (TPSA) is 64.9 Å². The van der Waals surface area contributed by atoms with Crippen LogP contribution >= 0.6 is 0 Å². The van der Waals surface area contributed by atoms with Gasteiger partial charge in [-0.2, -0.15) is 4.68 Å². The zero-order valence-corrected chi connectivity index (χ0v) is 15.0. The molecule has 0 aliphatic carbocycles. The molecule has 1 atom stereocenters. The van der Waals surface area contributed by atoms with E-state index >= 15 is 0 Å². The lowest BCUT2D eigenvalue weighted by Gasteiger charge is -2.30. The summed E-state index contributed by atoms with van der Waals surface area (Å²) in [6.45, 7) is 6.33. The van der Waals surface area contributed by atoms with Gasteiger partial charge in [-0.15, -0.1) is 5.10 Å². The molecule has 0 saturated carbocycles. The van der Waals surface area contributed by atoms with Gasteiger partial charge in [0.1, 0.15) is 5.75 Å². The molecule has 1 N–H and O–H groups in total. The SMILES string of the molecule is CCC(C)(Nc1ccccc1C)c1nnnn1-c1ccc(OC)cc1. The summed E-state index contributed by atoms with van der Waals surface area (Å²) < 4.78 is 7.00. The number of rotatable bonds is 6. The Kier molecular flexibility index (Phi) is 4.70. The average molecular weight is 337 g/mol. The zero-order chi connectivity index (χ0) is 17.9. The minimum absolute atomic E-state index is 0.407. The number of hydrogen-bond acceptors (Lipinski definition) is 5. The fraction of sp³-hybridized carbons (Fsp3) is 0.316. The molecule has 3 aromatic rings. The van der Waals surface area contributed by atoms with Crippen LogP contribution in [0.4, 0.5) is 5.69 Å².